The lowest BCUT2D eigenvalue weighted by Gasteiger charge is -2.63. The molecule has 33 heavy (non-hydrogen) atoms. The van der Waals surface area contributed by atoms with Crippen LogP contribution >= 0.6 is 0 Å². The van der Waals surface area contributed by atoms with Crippen molar-refractivity contribution in [3.05, 3.63) is 47.5 Å². The summed E-state index contributed by atoms with van der Waals surface area (Å²) >= 11 is 0. The van der Waals surface area contributed by atoms with Crippen LogP contribution in [0.25, 0.3) is 0 Å². The molecule has 174 valence electrons. The number of aromatic nitrogens is 3. The minimum Gasteiger partial charge on any atom is -0.323 e. The SMILES string of the molecule is O=C(N1CC2(CC(n3cnc(C4CC4)n3)C2)C1)N1CC2(CN(Cc3cc(F)cc(F)c3)C2)C1. The average molecular weight is 455 g/mol. The molecule has 9 heteroatoms. The average Bonchev–Trinajstić information content (AvgIpc) is 3.37. The van der Waals surface area contributed by atoms with Crippen molar-refractivity contribution in [2.24, 2.45) is 10.8 Å². The number of halogens is 2. The number of rotatable bonds is 4. The van der Waals surface area contributed by atoms with Crippen molar-refractivity contribution in [2.75, 3.05) is 39.3 Å². The van der Waals surface area contributed by atoms with Gasteiger partial charge in [0.15, 0.2) is 5.82 Å². The second-order valence-corrected chi connectivity index (χ2v) is 11.3. The van der Waals surface area contributed by atoms with E-state index in [1.54, 1.807) is 0 Å². The lowest BCUT2D eigenvalue weighted by atomic mass is 9.60. The Hall–Kier alpha value is -2.55. The summed E-state index contributed by atoms with van der Waals surface area (Å²) in [7, 11) is 0. The van der Waals surface area contributed by atoms with Gasteiger partial charge in [-0.1, -0.05) is 0 Å². The van der Waals surface area contributed by atoms with Crippen LogP contribution in [0.4, 0.5) is 13.6 Å². The van der Waals surface area contributed by atoms with Crippen molar-refractivity contribution in [1.29, 1.82) is 0 Å². The van der Waals surface area contributed by atoms with Gasteiger partial charge in [-0.15, -0.1) is 0 Å². The van der Waals surface area contributed by atoms with E-state index in [9.17, 15) is 13.6 Å². The van der Waals surface area contributed by atoms with E-state index in [0.29, 0.717) is 24.1 Å². The Labute approximate surface area is 191 Å². The van der Waals surface area contributed by atoms with Crippen LogP contribution in [-0.4, -0.2) is 74.8 Å². The highest BCUT2D eigenvalue weighted by Crippen LogP contribution is 2.54. The quantitative estimate of drug-likeness (QED) is 0.713. The van der Waals surface area contributed by atoms with Crippen LogP contribution in [0.15, 0.2) is 24.5 Å². The lowest BCUT2D eigenvalue weighted by molar-refractivity contribution is -0.120. The molecule has 5 aliphatic rings. The summed E-state index contributed by atoms with van der Waals surface area (Å²) in [5.41, 5.74) is 1.11. The Morgan fingerprint density at radius 2 is 1.58 bits per heavy atom. The molecule has 7 rings (SSSR count). The highest BCUT2D eigenvalue weighted by atomic mass is 19.1. The molecule has 0 N–H and O–H groups in total. The number of hydrogen-bond acceptors (Lipinski definition) is 4. The maximum atomic E-state index is 13.4. The second-order valence-electron chi connectivity index (χ2n) is 11.3. The minimum atomic E-state index is -0.532. The molecular weight excluding hydrogens is 426 g/mol. The zero-order chi connectivity index (χ0) is 22.4. The van der Waals surface area contributed by atoms with Gasteiger partial charge in [-0.05, 0) is 43.4 Å². The maximum Gasteiger partial charge on any atom is 0.320 e. The van der Waals surface area contributed by atoms with E-state index in [2.05, 4.69) is 15.0 Å². The predicted octanol–water partition coefficient (Wildman–Crippen LogP) is 3.01. The fraction of sp³-hybridized carbons (Fsp3) is 0.625. The molecular formula is C24H28F2N6O. The van der Waals surface area contributed by atoms with Crippen LogP contribution in [0.5, 0.6) is 0 Å². The van der Waals surface area contributed by atoms with Gasteiger partial charge in [-0.3, -0.25) is 4.90 Å². The molecule has 3 aliphatic heterocycles. The zero-order valence-electron chi connectivity index (χ0n) is 18.6. The maximum absolute atomic E-state index is 13.4. The minimum absolute atomic E-state index is 0.164. The van der Waals surface area contributed by atoms with Gasteiger partial charge in [0, 0.05) is 68.6 Å². The van der Waals surface area contributed by atoms with Crippen LogP contribution in [0.3, 0.4) is 0 Å². The summed E-state index contributed by atoms with van der Waals surface area (Å²) in [6.45, 7) is 5.58. The van der Waals surface area contributed by atoms with Crippen LogP contribution in [-0.2, 0) is 6.54 Å². The van der Waals surface area contributed by atoms with Crippen molar-refractivity contribution < 1.29 is 13.6 Å². The molecule has 1 aromatic heterocycles. The normalized spacial score (nSPS) is 25.5. The predicted molar refractivity (Wildman–Crippen MR) is 115 cm³/mol. The Morgan fingerprint density at radius 3 is 2.21 bits per heavy atom. The first-order valence-electron chi connectivity index (χ1n) is 12.0. The number of hydrogen-bond donors (Lipinski definition) is 0. The summed E-state index contributed by atoms with van der Waals surface area (Å²) in [6.07, 6.45) is 6.50. The number of nitrogens with zero attached hydrogens (tertiary/aromatic N) is 6. The molecule has 0 bridgehead atoms. The van der Waals surface area contributed by atoms with E-state index >= 15 is 0 Å². The number of benzene rings is 1. The van der Waals surface area contributed by atoms with Crippen molar-refractivity contribution in [3.63, 3.8) is 0 Å². The first-order valence-corrected chi connectivity index (χ1v) is 12.0. The summed E-state index contributed by atoms with van der Waals surface area (Å²) in [4.78, 5) is 23.5. The molecule has 5 fully saturated rings. The monoisotopic (exact) mass is 454 g/mol. The van der Waals surface area contributed by atoms with Gasteiger partial charge in [0.05, 0.1) is 6.04 Å². The van der Waals surface area contributed by atoms with E-state index in [1.807, 2.05) is 20.8 Å². The highest BCUT2D eigenvalue weighted by molar-refractivity contribution is 5.77. The van der Waals surface area contributed by atoms with Gasteiger partial charge in [0.25, 0.3) is 0 Å². The molecule has 2 aliphatic carbocycles. The Kier molecular flexibility index (Phi) is 4.06. The Bertz CT molecular complexity index is 1080. The number of amides is 2. The van der Waals surface area contributed by atoms with Gasteiger partial charge >= 0.3 is 6.03 Å². The Morgan fingerprint density at radius 1 is 0.939 bits per heavy atom. The van der Waals surface area contributed by atoms with Crippen molar-refractivity contribution in [2.45, 2.75) is 44.2 Å². The fourth-order valence-corrected chi connectivity index (χ4v) is 6.55. The van der Waals surface area contributed by atoms with E-state index in [4.69, 9.17) is 0 Å². The van der Waals surface area contributed by atoms with Crippen molar-refractivity contribution >= 4 is 6.03 Å². The largest absolute Gasteiger partial charge is 0.323 e. The van der Waals surface area contributed by atoms with Gasteiger partial charge in [-0.25, -0.2) is 23.2 Å². The van der Waals surface area contributed by atoms with Crippen LogP contribution in [0.1, 0.15) is 49.0 Å². The van der Waals surface area contributed by atoms with Gasteiger partial charge in [0.2, 0.25) is 0 Å². The van der Waals surface area contributed by atoms with Gasteiger partial charge < -0.3 is 9.80 Å². The van der Waals surface area contributed by atoms with Crippen LogP contribution in [0.2, 0.25) is 0 Å². The smallest absolute Gasteiger partial charge is 0.320 e. The van der Waals surface area contributed by atoms with E-state index in [-0.39, 0.29) is 16.9 Å². The lowest BCUT2D eigenvalue weighted by Crippen LogP contribution is -2.75. The van der Waals surface area contributed by atoms with E-state index in [1.165, 1.54) is 25.0 Å². The van der Waals surface area contributed by atoms with Crippen LogP contribution < -0.4 is 0 Å². The second kappa shape index (κ2) is 6.74. The number of likely N-dealkylation sites (tertiary alicyclic amines) is 3. The van der Waals surface area contributed by atoms with Crippen molar-refractivity contribution in [3.8, 4) is 0 Å². The number of urea groups is 1. The molecule has 2 aromatic rings. The Balaban J connectivity index is 0.856. The molecule has 2 saturated carbocycles. The number of carbonyl (C=O) groups excluding carboxylic acids is 1. The molecule has 1 aromatic carbocycles. The van der Waals surface area contributed by atoms with Crippen molar-refractivity contribution in [1.82, 2.24) is 29.5 Å². The molecule has 0 unspecified atom stereocenters. The van der Waals surface area contributed by atoms with E-state index < -0.39 is 11.6 Å². The molecule has 0 radical (unpaired) electrons. The highest BCUT2D eigenvalue weighted by Gasteiger charge is 2.58. The first-order chi connectivity index (χ1) is 15.9. The topological polar surface area (TPSA) is 57.5 Å². The van der Waals surface area contributed by atoms with E-state index in [0.717, 1.165) is 64.0 Å². The standard InChI is InChI=1S/C24H28F2N6O/c25-18-3-16(4-19(26)5-18)8-29-9-24(10-29)13-31(14-24)22(33)30-11-23(12-30)6-20(7-23)32-15-27-21(28-32)17-1-2-17/h3-5,15,17,20H,1-2,6-14H2. The third-order valence-electron chi connectivity index (χ3n) is 8.27. The molecule has 2 amide bonds. The summed E-state index contributed by atoms with van der Waals surface area (Å²) in [5.74, 6) is 0.528. The molecule has 4 heterocycles. The summed E-state index contributed by atoms with van der Waals surface area (Å²) in [6, 6.07) is 4.29. The first kappa shape index (κ1) is 19.9. The van der Waals surface area contributed by atoms with Gasteiger partial charge in [0.1, 0.15) is 18.0 Å². The summed E-state index contributed by atoms with van der Waals surface area (Å²) < 4.78 is 28.8. The third-order valence-corrected chi connectivity index (χ3v) is 8.27. The molecule has 7 nitrogen and oxygen atoms in total. The third kappa shape index (κ3) is 3.34. The van der Waals surface area contributed by atoms with Crippen LogP contribution in [0, 0.1) is 22.5 Å². The molecule has 3 saturated heterocycles. The fourth-order valence-electron chi connectivity index (χ4n) is 6.55. The van der Waals surface area contributed by atoms with Gasteiger partial charge in [-0.2, -0.15) is 5.10 Å². The molecule has 2 spiro atoms. The number of carbonyl (C=O) groups is 1. The summed E-state index contributed by atoms with van der Waals surface area (Å²) in [5, 5.41) is 4.67. The molecule has 0 atom stereocenters. The zero-order valence-corrected chi connectivity index (χ0v) is 18.6.